The van der Waals surface area contributed by atoms with Crippen LogP contribution in [0.25, 0.3) is 0 Å². The fourth-order valence-corrected chi connectivity index (χ4v) is 1.66. The lowest BCUT2D eigenvalue weighted by Crippen LogP contribution is -2.17. The van der Waals surface area contributed by atoms with E-state index in [9.17, 15) is 16.8 Å². The average Bonchev–Trinajstić information content (AvgIpc) is 1.14. The van der Waals surface area contributed by atoms with Gasteiger partial charge in [0.1, 0.15) is 0 Å². The van der Waals surface area contributed by atoms with Gasteiger partial charge in [-0.15, -0.1) is 3.63 Å². The largest absolute Gasteiger partial charge is 0.371 e. The van der Waals surface area contributed by atoms with Crippen LogP contribution in [0.3, 0.4) is 0 Å². The number of rotatable bonds is 2. The van der Waals surface area contributed by atoms with Crippen LogP contribution in [0.2, 0.25) is 0 Å². The molecule has 0 saturated heterocycles. The Morgan fingerprint density at radius 3 is 1.56 bits per heavy atom. The highest BCUT2D eigenvalue weighted by Crippen LogP contribution is 2.00. The van der Waals surface area contributed by atoms with Gasteiger partial charge in [-0.25, -0.2) is 5.14 Å². The summed E-state index contributed by atoms with van der Waals surface area (Å²) in [5.41, 5.74) is 0. The second-order valence-corrected chi connectivity index (χ2v) is 4.40. The van der Waals surface area contributed by atoms with Gasteiger partial charge in [0.15, 0.2) is 0 Å². The van der Waals surface area contributed by atoms with Gasteiger partial charge >= 0.3 is 19.6 Å². The molecular weight excluding hydrogens is 194 g/mol. The summed E-state index contributed by atoms with van der Waals surface area (Å²) in [6.07, 6.45) is 0. The Kier molecular flexibility index (Phi) is 2.41. The topological polar surface area (TPSA) is 104 Å². The molecule has 0 aliphatic rings. The molecule has 0 heterocycles. The maximum absolute atomic E-state index is 9.74. The Bertz CT molecular complexity index is 240. The SMILES string of the molecule is NS(=O)(=O)OS(=O)(=O)Cl. The van der Waals surface area contributed by atoms with Crippen LogP contribution >= 0.6 is 10.7 Å². The molecule has 9 heavy (non-hydrogen) atoms. The predicted octanol–water partition coefficient (Wildman–Crippen LogP) is -1.31. The number of hydrogen-bond donors (Lipinski definition) is 1. The highest BCUT2D eigenvalue weighted by molar-refractivity contribution is 8.14. The van der Waals surface area contributed by atoms with Crippen molar-refractivity contribution in [2.24, 2.45) is 5.14 Å². The molecule has 0 aromatic rings. The van der Waals surface area contributed by atoms with Crippen molar-refractivity contribution in [3.05, 3.63) is 0 Å². The van der Waals surface area contributed by atoms with Crippen LogP contribution in [0, 0.1) is 0 Å². The maximum atomic E-state index is 9.74. The van der Waals surface area contributed by atoms with Crippen molar-refractivity contribution in [1.82, 2.24) is 0 Å². The normalized spacial score (nSPS) is 13.6. The first kappa shape index (κ1) is 9.11. The van der Waals surface area contributed by atoms with Gasteiger partial charge in [-0.3, -0.25) is 0 Å². The summed E-state index contributed by atoms with van der Waals surface area (Å²) in [7, 11) is -4.72. The summed E-state index contributed by atoms with van der Waals surface area (Å²) in [6.45, 7) is 0. The predicted molar refractivity (Wildman–Crippen MR) is 29.0 cm³/mol. The van der Waals surface area contributed by atoms with E-state index in [2.05, 4.69) is 19.5 Å². The minimum atomic E-state index is -4.52. The zero-order chi connectivity index (χ0) is 7.71. The Hall–Kier alpha value is 0.110. The third-order valence-electron chi connectivity index (χ3n) is 0.176. The van der Waals surface area contributed by atoms with E-state index in [1.54, 1.807) is 0 Å². The van der Waals surface area contributed by atoms with E-state index in [1.165, 1.54) is 0 Å². The Labute approximate surface area is 56.4 Å². The molecule has 0 radical (unpaired) electrons. The summed E-state index contributed by atoms with van der Waals surface area (Å²) < 4.78 is 42.1. The molecule has 0 fully saturated rings. The van der Waals surface area contributed by atoms with Crippen molar-refractivity contribution in [3.63, 3.8) is 0 Å². The van der Waals surface area contributed by atoms with E-state index < -0.39 is 19.6 Å². The van der Waals surface area contributed by atoms with Crippen LogP contribution in [0.15, 0.2) is 0 Å². The standard InChI is InChI=1S/ClH2NO5S2/c1-8(3,4)7-9(2,5)6/h(H2,2,5,6). The Morgan fingerprint density at radius 1 is 1.22 bits per heavy atom. The summed E-state index contributed by atoms with van der Waals surface area (Å²) in [5, 5.41) is 4.11. The third-order valence-corrected chi connectivity index (χ3v) is 2.05. The first-order valence-corrected chi connectivity index (χ1v) is 5.10. The van der Waals surface area contributed by atoms with Crippen LogP contribution in [-0.4, -0.2) is 16.8 Å². The maximum Gasteiger partial charge on any atom is 0.371 e. The first-order valence-electron chi connectivity index (χ1n) is 1.39. The van der Waals surface area contributed by atoms with Gasteiger partial charge in [0.2, 0.25) is 0 Å². The van der Waals surface area contributed by atoms with E-state index in [0.29, 0.717) is 0 Å². The molecule has 0 aliphatic carbocycles. The molecule has 2 N–H and O–H groups in total. The molecule has 0 saturated carbocycles. The van der Waals surface area contributed by atoms with E-state index in [-0.39, 0.29) is 0 Å². The Balaban J connectivity index is 4.46. The van der Waals surface area contributed by atoms with E-state index in [0.717, 1.165) is 0 Å². The van der Waals surface area contributed by atoms with Gasteiger partial charge in [0, 0.05) is 0 Å². The van der Waals surface area contributed by atoms with Crippen molar-refractivity contribution in [3.8, 4) is 0 Å². The second kappa shape index (κ2) is 2.39. The third kappa shape index (κ3) is 8.11. The van der Waals surface area contributed by atoms with Gasteiger partial charge in [0.05, 0.1) is 10.7 Å². The van der Waals surface area contributed by atoms with E-state index in [1.807, 2.05) is 0 Å². The molecule has 0 aromatic heterocycles. The smallest absolute Gasteiger partial charge is 0.204 e. The molecule has 6 nitrogen and oxygen atoms in total. The zero-order valence-electron chi connectivity index (χ0n) is 3.81. The van der Waals surface area contributed by atoms with Gasteiger partial charge in [-0.05, 0) is 0 Å². The second-order valence-electron chi connectivity index (χ2n) is 0.954. The quantitative estimate of drug-likeness (QED) is 0.551. The highest BCUT2D eigenvalue weighted by Gasteiger charge is 2.14. The van der Waals surface area contributed by atoms with Gasteiger partial charge in [-0.1, -0.05) is 0 Å². The number of halogens is 1. The van der Waals surface area contributed by atoms with E-state index in [4.69, 9.17) is 0 Å². The molecule has 0 spiro atoms. The highest BCUT2D eigenvalue weighted by atomic mass is 35.7. The lowest BCUT2D eigenvalue weighted by Gasteiger charge is -1.90. The molecule has 0 aromatic carbocycles. The van der Waals surface area contributed by atoms with Crippen molar-refractivity contribution in [1.29, 1.82) is 0 Å². The molecule has 0 bridgehead atoms. The van der Waals surface area contributed by atoms with E-state index >= 15 is 0 Å². The minimum absolute atomic E-state index is 3.11. The first-order chi connectivity index (χ1) is 3.71. The molecule has 0 aliphatic heterocycles. The van der Waals surface area contributed by atoms with Crippen molar-refractivity contribution in [2.45, 2.75) is 0 Å². The Morgan fingerprint density at radius 2 is 1.56 bits per heavy atom. The summed E-state index contributed by atoms with van der Waals surface area (Å²) >= 11 is 0. The van der Waals surface area contributed by atoms with Crippen LogP contribution in [0.1, 0.15) is 0 Å². The van der Waals surface area contributed by atoms with Crippen LogP contribution in [0.4, 0.5) is 0 Å². The molecule has 56 valence electrons. The molecular formula is H2ClNO5S2. The summed E-state index contributed by atoms with van der Waals surface area (Å²) in [5.74, 6) is 0. The van der Waals surface area contributed by atoms with Gasteiger partial charge in [0.25, 0.3) is 0 Å². The summed E-state index contributed by atoms with van der Waals surface area (Å²) in [4.78, 5) is 0. The van der Waals surface area contributed by atoms with Crippen LogP contribution < -0.4 is 5.14 Å². The lowest BCUT2D eigenvalue weighted by molar-refractivity contribution is 0.474. The van der Waals surface area contributed by atoms with Crippen LogP contribution in [-0.2, 0) is 23.3 Å². The molecule has 0 rings (SSSR count). The molecule has 0 atom stereocenters. The lowest BCUT2D eigenvalue weighted by atomic mass is 13.9. The van der Waals surface area contributed by atoms with Gasteiger partial charge < -0.3 is 0 Å². The number of nitrogens with two attached hydrogens (primary N) is 1. The monoisotopic (exact) mass is 195 g/mol. The van der Waals surface area contributed by atoms with Crippen molar-refractivity contribution in [2.75, 3.05) is 0 Å². The average molecular weight is 196 g/mol. The zero-order valence-corrected chi connectivity index (χ0v) is 6.20. The number of hydrogen-bond acceptors (Lipinski definition) is 5. The molecule has 0 unspecified atom stereocenters. The van der Waals surface area contributed by atoms with Crippen LogP contribution in [0.5, 0.6) is 0 Å². The minimum Gasteiger partial charge on any atom is -0.204 e. The van der Waals surface area contributed by atoms with Crippen molar-refractivity contribution < 1.29 is 20.5 Å². The summed E-state index contributed by atoms with van der Waals surface area (Å²) in [6, 6.07) is 0. The molecule has 0 amide bonds. The van der Waals surface area contributed by atoms with Gasteiger partial charge in [-0.2, -0.15) is 16.8 Å². The van der Waals surface area contributed by atoms with Crippen molar-refractivity contribution >= 4 is 30.3 Å². The fraction of sp³-hybridized carbons (Fsp3) is 0. The molecule has 9 heteroatoms. The fourth-order valence-electron chi connectivity index (χ4n) is 0.113.